The predicted octanol–water partition coefficient (Wildman–Crippen LogP) is 2.69. The molecule has 8 heteroatoms. The average molecular weight is 443 g/mol. The van der Waals surface area contributed by atoms with Gasteiger partial charge in [0.1, 0.15) is 6.23 Å². The van der Waals surface area contributed by atoms with E-state index >= 15 is 0 Å². The normalized spacial score (nSPS) is 25.9. The number of anilines is 2. The molecule has 0 saturated carbocycles. The zero-order valence-electron chi connectivity index (χ0n) is 18.0. The van der Waals surface area contributed by atoms with Crippen LogP contribution in [0.5, 0.6) is 11.5 Å². The van der Waals surface area contributed by atoms with Gasteiger partial charge < -0.3 is 29.7 Å². The Morgan fingerprint density at radius 2 is 1.97 bits per heavy atom. The molecule has 0 amide bonds. The number of fused-ring (bicyclic) bond motifs is 1. The van der Waals surface area contributed by atoms with E-state index in [4.69, 9.17) is 9.47 Å². The molecule has 3 heterocycles. The van der Waals surface area contributed by atoms with Crippen molar-refractivity contribution in [2.75, 3.05) is 49.9 Å². The van der Waals surface area contributed by atoms with Crippen LogP contribution in [0.4, 0.5) is 11.4 Å². The quantitative estimate of drug-likeness (QED) is 0.590. The summed E-state index contributed by atoms with van der Waals surface area (Å²) in [6.45, 7) is 2.43. The molecule has 2 fully saturated rings. The van der Waals surface area contributed by atoms with Crippen LogP contribution in [-0.2, 0) is 0 Å². The van der Waals surface area contributed by atoms with Crippen LogP contribution < -0.4 is 25.0 Å². The van der Waals surface area contributed by atoms with Gasteiger partial charge in [-0.15, -0.1) is 11.8 Å². The Balaban J connectivity index is 1.16. The number of likely N-dealkylation sites (N-methyl/N-ethyl adjacent to an activating group) is 1. The van der Waals surface area contributed by atoms with Gasteiger partial charge >= 0.3 is 0 Å². The standard InChI is InChI=1S/C23H30N4O3S/c1-26(2)18-9-10-27(12-18)17-6-4-16(5-7-17)24-22(28)19-13-31-23(25-19)15-3-8-20-21(11-15)30-14-29-20/h3-8,11,18-19,22-25,28H,9-10,12-14H2,1-2H3. The largest absolute Gasteiger partial charge is 0.454 e. The summed E-state index contributed by atoms with van der Waals surface area (Å²) in [5.41, 5.74) is 3.30. The molecule has 5 rings (SSSR count). The highest BCUT2D eigenvalue weighted by molar-refractivity contribution is 7.99. The molecule has 4 atom stereocenters. The molecular weight excluding hydrogens is 412 g/mol. The summed E-state index contributed by atoms with van der Waals surface area (Å²) in [5.74, 6) is 2.40. The highest BCUT2D eigenvalue weighted by Crippen LogP contribution is 2.39. The maximum absolute atomic E-state index is 10.8. The van der Waals surface area contributed by atoms with Crippen molar-refractivity contribution in [2.45, 2.75) is 30.1 Å². The number of rotatable bonds is 6. The van der Waals surface area contributed by atoms with E-state index in [2.05, 4.69) is 64.9 Å². The molecule has 2 aromatic rings. The van der Waals surface area contributed by atoms with Gasteiger partial charge in [0.2, 0.25) is 6.79 Å². The minimum Gasteiger partial charge on any atom is -0.454 e. The first kappa shape index (κ1) is 20.8. The monoisotopic (exact) mass is 442 g/mol. The van der Waals surface area contributed by atoms with Crippen LogP contribution in [-0.4, -0.2) is 68.0 Å². The van der Waals surface area contributed by atoms with Crippen LogP contribution >= 0.6 is 11.8 Å². The number of hydrogen-bond acceptors (Lipinski definition) is 8. The SMILES string of the molecule is CN(C)C1CCN(c2ccc(NC(O)C3CSC(c4ccc5c(c4)OCO5)N3)cc2)C1. The highest BCUT2D eigenvalue weighted by atomic mass is 32.2. The van der Waals surface area contributed by atoms with E-state index in [1.807, 2.05) is 12.1 Å². The van der Waals surface area contributed by atoms with Gasteiger partial charge in [-0.05, 0) is 62.5 Å². The average Bonchev–Trinajstić information content (AvgIpc) is 3.54. The molecule has 31 heavy (non-hydrogen) atoms. The second kappa shape index (κ2) is 8.78. The molecular formula is C23H30N4O3S. The number of ether oxygens (including phenoxy) is 2. The second-order valence-electron chi connectivity index (χ2n) is 8.59. The first-order valence-electron chi connectivity index (χ1n) is 10.8. The van der Waals surface area contributed by atoms with Crippen molar-refractivity contribution in [1.29, 1.82) is 0 Å². The Morgan fingerprint density at radius 1 is 1.16 bits per heavy atom. The third-order valence-corrected chi connectivity index (χ3v) is 7.62. The van der Waals surface area contributed by atoms with Crippen molar-refractivity contribution in [3.8, 4) is 11.5 Å². The second-order valence-corrected chi connectivity index (χ2v) is 9.73. The van der Waals surface area contributed by atoms with E-state index in [-0.39, 0.29) is 18.2 Å². The van der Waals surface area contributed by atoms with Crippen LogP contribution in [0, 0.1) is 0 Å². The molecule has 0 radical (unpaired) electrons. The maximum Gasteiger partial charge on any atom is 0.231 e. The molecule has 0 spiro atoms. The van der Waals surface area contributed by atoms with Gasteiger partial charge in [0.25, 0.3) is 0 Å². The molecule has 0 bridgehead atoms. The molecule has 7 nitrogen and oxygen atoms in total. The molecule has 0 aliphatic carbocycles. The number of aliphatic hydroxyl groups excluding tert-OH is 1. The van der Waals surface area contributed by atoms with Gasteiger partial charge in [0.15, 0.2) is 11.5 Å². The smallest absolute Gasteiger partial charge is 0.231 e. The summed E-state index contributed by atoms with van der Waals surface area (Å²) in [6, 6.07) is 15.0. The fourth-order valence-corrected chi connectivity index (χ4v) is 5.67. The maximum atomic E-state index is 10.8. The van der Waals surface area contributed by atoms with Gasteiger partial charge in [-0.2, -0.15) is 0 Å². The summed E-state index contributed by atoms with van der Waals surface area (Å²) in [7, 11) is 4.30. The summed E-state index contributed by atoms with van der Waals surface area (Å²) in [4.78, 5) is 4.73. The summed E-state index contributed by atoms with van der Waals surface area (Å²) >= 11 is 1.79. The Morgan fingerprint density at radius 3 is 2.74 bits per heavy atom. The minimum atomic E-state index is -0.665. The van der Waals surface area contributed by atoms with Crippen LogP contribution in [0.1, 0.15) is 17.4 Å². The minimum absolute atomic E-state index is 0.0421. The van der Waals surface area contributed by atoms with E-state index in [1.54, 1.807) is 11.8 Å². The first-order valence-corrected chi connectivity index (χ1v) is 11.8. The van der Waals surface area contributed by atoms with Gasteiger partial charge in [-0.25, -0.2) is 0 Å². The number of aliphatic hydroxyl groups is 1. The lowest BCUT2D eigenvalue weighted by Crippen LogP contribution is -2.42. The summed E-state index contributed by atoms with van der Waals surface area (Å²) in [6.07, 6.45) is 0.531. The highest BCUT2D eigenvalue weighted by Gasteiger charge is 2.31. The Bertz CT molecular complexity index is 910. The number of thioether (sulfide) groups is 1. The summed E-state index contributed by atoms with van der Waals surface area (Å²) in [5, 5.41) is 17.7. The number of nitrogens with zero attached hydrogens (tertiary/aromatic N) is 2. The van der Waals surface area contributed by atoms with Gasteiger partial charge in [-0.3, -0.25) is 5.32 Å². The van der Waals surface area contributed by atoms with Crippen molar-refractivity contribution in [2.24, 2.45) is 0 Å². The lowest BCUT2D eigenvalue weighted by molar-refractivity contribution is 0.165. The molecule has 2 saturated heterocycles. The Kier molecular flexibility index (Phi) is 5.88. The zero-order valence-corrected chi connectivity index (χ0v) is 18.8. The van der Waals surface area contributed by atoms with Crippen molar-refractivity contribution < 1.29 is 14.6 Å². The lowest BCUT2D eigenvalue weighted by atomic mass is 10.1. The molecule has 2 aromatic carbocycles. The van der Waals surface area contributed by atoms with E-state index in [9.17, 15) is 5.11 Å². The molecule has 3 aliphatic heterocycles. The third kappa shape index (κ3) is 4.43. The van der Waals surface area contributed by atoms with Gasteiger partial charge in [0.05, 0.1) is 11.4 Å². The molecule has 166 valence electrons. The molecule has 0 aromatic heterocycles. The van der Waals surface area contributed by atoms with E-state index in [0.29, 0.717) is 6.04 Å². The van der Waals surface area contributed by atoms with E-state index < -0.39 is 6.23 Å². The van der Waals surface area contributed by atoms with Crippen molar-refractivity contribution >= 4 is 23.1 Å². The van der Waals surface area contributed by atoms with Crippen LogP contribution in [0.15, 0.2) is 42.5 Å². The van der Waals surface area contributed by atoms with Crippen molar-refractivity contribution in [1.82, 2.24) is 10.2 Å². The number of benzene rings is 2. The van der Waals surface area contributed by atoms with Gasteiger partial charge in [-0.1, -0.05) is 6.07 Å². The zero-order chi connectivity index (χ0) is 21.4. The first-order chi connectivity index (χ1) is 15.1. The predicted molar refractivity (Wildman–Crippen MR) is 125 cm³/mol. The number of nitrogens with one attached hydrogen (secondary N) is 2. The van der Waals surface area contributed by atoms with Crippen LogP contribution in [0.3, 0.4) is 0 Å². The summed E-state index contributed by atoms with van der Waals surface area (Å²) < 4.78 is 10.9. The molecule has 4 unspecified atom stereocenters. The Labute approximate surface area is 187 Å². The Hall–Kier alpha value is -2.13. The number of hydrogen-bond donors (Lipinski definition) is 3. The topological polar surface area (TPSA) is 69.2 Å². The van der Waals surface area contributed by atoms with Crippen LogP contribution in [0.2, 0.25) is 0 Å². The van der Waals surface area contributed by atoms with E-state index in [0.717, 1.165) is 41.6 Å². The van der Waals surface area contributed by atoms with Gasteiger partial charge in [0, 0.05) is 36.3 Å². The molecule has 3 N–H and O–H groups in total. The van der Waals surface area contributed by atoms with Crippen molar-refractivity contribution in [3.63, 3.8) is 0 Å². The van der Waals surface area contributed by atoms with E-state index in [1.165, 1.54) is 12.1 Å². The lowest BCUT2D eigenvalue weighted by Gasteiger charge is -2.23. The fourth-order valence-electron chi connectivity index (χ4n) is 4.38. The van der Waals surface area contributed by atoms with Crippen molar-refractivity contribution in [3.05, 3.63) is 48.0 Å². The molecule has 3 aliphatic rings. The third-order valence-electron chi connectivity index (χ3n) is 6.33. The fraction of sp³-hybridized carbons (Fsp3) is 0.478. The van der Waals surface area contributed by atoms with Crippen LogP contribution in [0.25, 0.3) is 0 Å².